The number of carbonyl (C=O) groups is 1. The third-order valence-corrected chi connectivity index (χ3v) is 6.07. The Balaban J connectivity index is 1.73. The number of carbonyl (C=O) groups excluding carboxylic acids is 1. The molecule has 7 heteroatoms. The van der Waals surface area contributed by atoms with Crippen LogP contribution in [0.2, 0.25) is 0 Å². The number of guanidine groups is 1. The molecule has 0 bridgehead atoms. The van der Waals surface area contributed by atoms with Crippen LogP contribution in [0.3, 0.4) is 0 Å². The fourth-order valence-corrected chi connectivity index (χ4v) is 4.72. The van der Waals surface area contributed by atoms with Crippen molar-refractivity contribution < 1.29 is 9.53 Å². The maximum Gasteiger partial charge on any atom is 0.262 e. The minimum Gasteiger partial charge on any atom is -0.490 e. The molecule has 1 fully saturated rings. The van der Waals surface area contributed by atoms with Gasteiger partial charge in [-0.2, -0.15) is 0 Å². The summed E-state index contributed by atoms with van der Waals surface area (Å²) in [6.07, 6.45) is 9.02. The van der Waals surface area contributed by atoms with E-state index in [4.69, 9.17) is 15.5 Å². The van der Waals surface area contributed by atoms with Crippen molar-refractivity contribution in [2.24, 2.45) is 16.6 Å². The number of likely N-dealkylation sites (N-methyl/N-ethyl adjacent to an activating group) is 1. The van der Waals surface area contributed by atoms with Crippen LogP contribution >= 0.6 is 0 Å². The van der Waals surface area contributed by atoms with Gasteiger partial charge in [0, 0.05) is 36.5 Å². The van der Waals surface area contributed by atoms with Gasteiger partial charge in [0.2, 0.25) is 0 Å². The summed E-state index contributed by atoms with van der Waals surface area (Å²) in [5.41, 5.74) is 7.71. The molecule has 2 unspecified atom stereocenters. The minimum atomic E-state index is -0.997. The van der Waals surface area contributed by atoms with Crippen molar-refractivity contribution in [3.8, 4) is 16.9 Å². The van der Waals surface area contributed by atoms with Crippen LogP contribution in [0.1, 0.15) is 31.2 Å². The fourth-order valence-electron chi connectivity index (χ4n) is 4.72. The van der Waals surface area contributed by atoms with E-state index in [2.05, 4.69) is 9.97 Å². The number of nitrogens with two attached hydrogens (primary N) is 1. The molecule has 138 valence electrons. The third-order valence-electron chi connectivity index (χ3n) is 6.07. The van der Waals surface area contributed by atoms with E-state index in [1.807, 2.05) is 18.2 Å². The van der Waals surface area contributed by atoms with Crippen molar-refractivity contribution in [1.29, 1.82) is 0 Å². The van der Waals surface area contributed by atoms with Crippen LogP contribution in [-0.2, 0) is 10.3 Å². The van der Waals surface area contributed by atoms with Crippen molar-refractivity contribution in [2.45, 2.75) is 37.3 Å². The molecule has 1 aromatic heterocycles. The molecule has 5 rings (SSSR count). The van der Waals surface area contributed by atoms with E-state index in [0.29, 0.717) is 0 Å². The van der Waals surface area contributed by atoms with Crippen LogP contribution in [0, 0.1) is 5.92 Å². The smallest absolute Gasteiger partial charge is 0.262 e. The molecule has 0 saturated heterocycles. The third kappa shape index (κ3) is 2.20. The number of hydrogen-bond acceptors (Lipinski definition) is 6. The van der Waals surface area contributed by atoms with E-state index in [-0.39, 0.29) is 23.9 Å². The number of aromatic nitrogens is 2. The van der Waals surface area contributed by atoms with Crippen molar-refractivity contribution in [3.63, 3.8) is 0 Å². The summed E-state index contributed by atoms with van der Waals surface area (Å²) < 4.78 is 6.32. The maximum absolute atomic E-state index is 13.4. The summed E-state index contributed by atoms with van der Waals surface area (Å²) in [5, 5.41) is 0. The van der Waals surface area contributed by atoms with Crippen LogP contribution in [-0.4, -0.2) is 39.9 Å². The Kier molecular flexibility index (Phi) is 3.47. The summed E-state index contributed by atoms with van der Waals surface area (Å²) in [6, 6.07) is 5.90. The average Bonchev–Trinajstić information content (AvgIpc) is 2.94. The minimum absolute atomic E-state index is 0.00276. The van der Waals surface area contributed by atoms with Gasteiger partial charge in [-0.1, -0.05) is 12.5 Å². The standard InChI is InChI=1S/C20H21N5O2/c1-25-18(26)20(24-19(25)21)14-4-2-3-5-16(14)27-17-7-6-12(8-15(17)20)13-9-22-11-23-10-13/h6-11,14,16H,2-5H2,1H3,(H2,21,24)/t14?,16-,20?/m1/s1. The van der Waals surface area contributed by atoms with E-state index in [0.717, 1.165) is 48.1 Å². The highest BCUT2D eigenvalue weighted by molar-refractivity contribution is 6.07. The second-order valence-electron chi connectivity index (χ2n) is 7.49. The van der Waals surface area contributed by atoms with Crippen LogP contribution in [0.4, 0.5) is 0 Å². The molecular weight excluding hydrogens is 342 g/mol. The van der Waals surface area contributed by atoms with E-state index in [1.54, 1.807) is 19.4 Å². The van der Waals surface area contributed by atoms with Gasteiger partial charge in [-0.25, -0.2) is 15.0 Å². The number of aliphatic imine (C=N–C) groups is 1. The van der Waals surface area contributed by atoms with Gasteiger partial charge in [-0.05, 0) is 37.0 Å². The molecule has 27 heavy (non-hydrogen) atoms. The first kappa shape index (κ1) is 16.2. The molecule has 1 spiro atoms. The highest BCUT2D eigenvalue weighted by Gasteiger charge is 2.60. The lowest BCUT2D eigenvalue weighted by atomic mass is 9.67. The van der Waals surface area contributed by atoms with Gasteiger partial charge in [0.15, 0.2) is 11.5 Å². The molecule has 2 aromatic rings. The number of ether oxygens (including phenoxy) is 1. The first-order valence-corrected chi connectivity index (χ1v) is 9.31. The summed E-state index contributed by atoms with van der Waals surface area (Å²) in [7, 11) is 1.69. The molecule has 7 nitrogen and oxygen atoms in total. The van der Waals surface area contributed by atoms with E-state index in [1.165, 1.54) is 11.2 Å². The number of fused-ring (bicyclic) bond motifs is 4. The fraction of sp³-hybridized carbons (Fsp3) is 0.400. The van der Waals surface area contributed by atoms with Crippen LogP contribution in [0.15, 0.2) is 41.9 Å². The van der Waals surface area contributed by atoms with Crippen molar-refractivity contribution in [1.82, 2.24) is 14.9 Å². The molecule has 3 atom stereocenters. The van der Waals surface area contributed by atoms with Crippen LogP contribution in [0.5, 0.6) is 5.75 Å². The number of amides is 1. The molecule has 0 radical (unpaired) electrons. The Hall–Kier alpha value is -2.96. The second-order valence-corrected chi connectivity index (χ2v) is 7.49. The van der Waals surface area contributed by atoms with Crippen molar-refractivity contribution in [2.75, 3.05) is 7.05 Å². The van der Waals surface area contributed by atoms with Gasteiger partial charge < -0.3 is 10.5 Å². The summed E-state index contributed by atoms with van der Waals surface area (Å²) in [4.78, 5) is 27.8. The van der Waals surface area contributed by atoms with Crippen LogP contribution in [0.25, 0.3) is 11.1 Å². The topological polar surface area (TPSA) is 93.7 Å². The quantitative estimate of drug-likeness (QED) is 0.837. The monoisotopic (exact) mass is 363 g/mol. The van der Waals surface area contributed by atoms with Gasteiger partial charge in [0.1, 0.15) is 18.2 Å². The Morgan fingerprint density at radius 2 is 1.96 bits per heavy atom. The number of benzene rings is 1. The molecule has 2 N–H and O–H groups in total. The highest BCUT2D eigenvalue weighted by Crippen LogP contribution is 2.53. The van der Waals surface area contributed by atoms with E-state index < -0.39 is 5.54 Å². The zero-order chi connectivity index (χ0) is 18.6. The van der Waals surface area contributed by atoms with Gasteiger partial charge in [0.25, 0.3) is 5.91 Å². The van der Waals surface area contributed by atoms with E-state index in [9.17, 15) is 4.79 Å². The molecule has 3 aliphatic rings. The summed E-state index contributed by atoms with van der Waals surface area (Å²) in [6.45, 7) is 0. The SMILES string of the molecule is CN1C(=O)C2(N=C1N)c1cc(-c3cncnc3)ccc1O[C@@H]1CCCCC12. The zero-order valence-electron chi connectivity index (χ0n) is 15.1. The molecule has 2 aliphatic heterocycles. The summed E-state index contributed by atoms with van der Waals surface area (Å²) >= 11 is 0. The largest absolute Gasteiger partial charge is 0.490 e. The zero-order valence-corrected chi connectivity index (χ0v) is 15.1. The Morgan fingerprint density at radius 1 is 1.19 bits per heavy atom. The van der Waals surface area contributed by atoms with Gasteiger partial charge in [-0.15, -0.1) is 0 Å². The number of rotatable bonds is 1. The molecular formula is C20H21N5O2. The van der Waals surface area contributed by atoms with Gasteiger partial charge in [-0.3, -0.25) is 9.69 Å². The first-order chi connectivity index (χ1) is 13.1. The highest BCUT2D eigenvalue weighted by atomic mass is 16.5. The Bertz CT molecular complexity index is 945. The van der Waals surface area contributed by atoms with Gasteiger partial charge >= 0.3 is 0 Å². The number of nitrogens with zero attached hydrogens (tertiary/aromatic N) is 4. The Morgan fingerprint density at radius 3 is 2.70 bits per heavy atom. The molecule has 1 aromatic carbocycles. The predicted molar refractivity (Wildman–Crippen MR) is 99.9 cm³/mol. The number of hydrogen-bond donors (Lipinski definition) is 1. The predicted octanol–water partition coefficient (Wildman–Crippen LogP) is 2.08. The normalized spacial score (nSPS) is 29.1. The average molecular weight is 363 g/mol. The lowest BCUT2D eigenvalue weighted by Crippen LogP contribution is -2.53. The molecule has 1 saturated carbocycles. The molecule has 1 amide bonds. The van der Waals surface area contributed by atoms with Crippen molar-refractivity contribution >= 4 is 11.9 Å². The molecule has 3 heterocycles. The second kappa shape index (κ2) is 5.77. The first-order valence-electron chi connectivity index (χ1n) is 9.31. The van der Waals surface area contributed by atoms with Gasteiger partial charge in [0.05, 0.1) is 0 Å². The molecule has 1 aliphatic carbocycles. The maximum atomic E-state index is 13.4. The Labute approximate surface area is 157 Å². The lowest BCUT2D eigenvalue weighted by molar-refractivity contribution is -0.136. The summed E-state index contributed by atoms with van der Waals surface area (Å²) in [5.74, 6) is 0.921. The lowest BCUT2D eigenvalue weighted by Gasteiger charge is -2.46. The van der Waals surface area contributed by atoms with Crippen molar-refractivity contribution in [3.05, 3.63) is 42.5 Å². The van der Waals surface area contributed by atoms with Crippen LogP contribution < -0.4 is 10.5 Å². The van der Waals surface area contributed by atoms with E-state index >= 15 is 0 Å².